The molecular weight excluding hydrogens is 454 g/mol. The lowest BCUT2D eigenvalue weighted by Gasteiger charge is -2.37. The first-order chi connectivity index (χ1) is 17.5. The van der Waals surface area contributed by atoms with Crippen LogP contribution in [0.2, 0.25) is 0 Å². The van der Waals surface area contributed by atoms with Crippen molar-refractivity contribution in [3.63, 3.8) is 0 Å². The van der Waals surface area contributed by atoms with Crippen molar-refractivity contribution < 1.29 is 4.74 Å². The van der Waals surface area contributed by atoms with Crippen LogP contribution in [0.4, 0.5) is 17.3 Å². The van der Waals surface area contributed by atoms with E-state index in [4.69, 9.17) is 9.72 Å². The summed E-state index contributed by atoms with van der Waals surface area (Å²) in [7, 11) is 0. The Labute approximate surface area is 208 Å². The van der Waals surface area contributed by atoms with Crippen molar-refractivity contribution >= 4 is 34.0 Å². The van der Waals surface area contributed by atoms with Gasteiger partial charge in [0, 0.05) is 43.1 Å². The predicted octanol–water partition coefficient (Wildman–Crippen LogP) is 4.10. The van der Waals surface area contributed by atoms with Crippen LogP contribution in [0.15, 0.2) is 61.3 Å². The van der Waals surface area contributed by atoms with Gasteiger partial charge in [-0.2, -0.15) is 5.10 Å². The molecule has 2 atom stereocenters. The van der Waals surface area contributed by atoms with Gasteiger partial charge in [-0.3, -0.25) is 0 Å². The molecule has 0 unspecified atom stereocenters. The first-order valence-electron chi connectivity index (χ1n) is 12.0. The molecule has 0 aliphatic carbocycles. The number of benzene rings is 1. The minimum atomic E-state index is 0.401. The summed E-state index contributed by atoms with van der Waals surface area (Å²) in [6.45, 7) is 8.22. The highest BCUT2D eigenvalue weighted by Gasteiger charge is 2.22. The van der Waals surface area contributed by atoms with Crippen molar-refractivity contribution in [2.45, 2.75) is 32.9 Å². The van der Waals surface area contributed by atoms with Crippen molar-refractivity contribution in [1.29, 1.82) is 0 Å². The molecule has 10 heteroatoms. The lowest BCUT2D eigenvalue weighted by Crippen LogP contribution is -2.54. The smallest absolute Gasteiger partial charge is 0.160 e. The lowest BCUT2D eigenvalue weighted by atomic mass is 10.1. The highest BCUT2D eigenvalue weighted by molar-refractivity contribution is 5.88. The van der Waals surface area contributed by atoms with Gasteiger partial charge >= 0.3 is 0 Å². The standard InChI is InChI=1S/C26H27N9O/c1-16-10-19(4-6-22(16)36-20-8-9-35-24(11-20)28-15-30-35)32-26-25-21(27-14-29-26)5-7-23(33-25)34-12-17(2)31-18(3)13-34/h4-11,14-15,17-18,31H,12-13H2,1-3H3,(H,27,29,32)/t17-,18+. The molecule has 1 aliphatic rings. The average molecular weight is 482 g/mol. The maximum atomic E-state index is 6.10. The molecule has 1 fully saturated rings. The van der Waals surface area contributed by atoms with E-state index in [9.17, 15) is 0 Å². The Bertz CT molecular complexity index is 1540. The number of fused-ring (bicyclic) bond motifs is 2. The number of anilines is 3. The van der Waals surface area contributed by atoms with Gasteiger partial charge in [-0.15, -0.1) is 0 Å². The number of ether oxygens (including phenoxy) is 1. The molecule has 1 aromatic carbocycles. The van der Waals surface area contributed by atoms with E-state index in [1.165, 1.54) is 6.33 Å². The number of nitrogens with zero attached hydrogens (tertiary/aromatic N) is 7. The third-order valence-corrected chi connectivity index (χ3v) is 6.27. The summed E-state index contributed by atoms with van der Waals surface area (Å²) in [5, 5.41) is 11.1. The fraction of sp³-hybridized carbons (Fsp3) is 0.269. The van der Waals surface area contributed by atoms with Gasteiger partial charge in [-0.1, -0.05) is 0 Å². The van der Waals surface area contributed by atoms with E-state index in [-0.39, 0.29) is 0 Å². The van der Waals surface area contributed by atoms with Gasteiger partial charge in [0.15, 0.2) is 11.5 Å². The summed E-state index contributed by atoms with van der Waals surface area (Å²) in [6.07, 6.45) is 4.91. The molecule has 6 rings (SSSR count). The molecule has 5 heterocycles. The van der Waals surface area contributed by atoms with Crippen LogP contribution in [0.25, 0.3) is 16.7 Å². The van der Waals surface area contributed by atoms with Crippen LogP contribution in [0.5, 0.6) is 11.5 Å². The first kappa shape index (κ1) is 22.2. The van der Waals surface area contributed by atoms with E-state index < -0.39 is 0 Å². The Kier molecular flexibility index (Phi) is 5.57. The van der Waals surface area contributed by atoms with Crippen molar-refractivity contribution in [2.24, 2.45) is 0 Å². The molecule has 4 aromatic heterocycles. The second kappa shape index (κ2) is 9.04. The minimum Gasteiger partial charge on any atom is -0.457 e. The van der Waals surface area contributed by atoms with Crippen molar-refractivity contribution in [1.82, 2.24) is 34.9 Å². The van der Waals surface area contributed by atoms with Crippen LogP contribution in [-0.2, 0) is 0 Å². The summed E-state index contributed by atoms with van der Waals surface area (Å²) in [6, 6.07) is 14.5. The summed E-state index contributed by atoms with van der Waals surface area (Å²) >= 11 is 0. The summed E-state index contributed by atoms with van der Waals surface area (Å²) < 4.78 is 7.80. The number of pyridine rings is 2. The molecule has 2 N–H and O–H groups in total. The number of nitrogens with one attached hydrogen (secondary N) is 2. The highest BCUT2D eigenvalue weighted by atomic mass is 16.5. The average Bonchev–Trinajstić information content (AvgIpc) is 3.33. The minimum absolute atomic E-state index is 0.401. The van der Waals surface area contributed by atoms with Gasteiger partial charge in [0.25, 0.3) is 0 Å². The van der Waals surface area contributed by atoms with Gasteiger partial charge in [0.05, 0.1) is 5.52 Å². The molecule has 1 saturated heterocycles. The van der Waals surface area contributed by atoms with Gasteiger partial charge in [-0.05, 0) is 62.7 Å². The molecule has 36 heavy (non-hydrogen) atoms. The Morgan fingerprint density at radius 1 is 0.972 bits per heavy atom. The zero-order valence-electron chi connectivity index (χ0n) is 20.4. The van der Waals surface area contributed by atoms with E-state index in [2.05, 4.69) is 49.4 Å². The molecule has 5 aromatic rings. The van der Waals surface area contributed by atoms with E-state index in [0.29, 0.717) is 23.7 Å². The molecule has 0 radical (unpaired) electrons. The van der Waals surface area contributed by atoms with Crippen LogP contribution < -0.4 is 20.3 Å². The number of aromatic nitrogens is 6. The monoisotopic (exact) mass is 481 g/mol. The number of hydrogen-bond acceptors (Lipinski definition) is 9. The van der Waals surface area contributed by atoms with Crippen LogP contribution >= 0.6 is 0 Å². The summed E-state index contributed by atoms with van der Waals surface area (Å²) in [5.74, 6) is 3.07. The zero-order valence-corrected chi connectivity index (χ0v) is 20.4. The molecule has 182 valence electrons. The number of hydrogen-bond donors (Lipinski definition) is 2. The van der Waals surface area contributed by atoms with Crippen LogP contribution in [0.3, 0.4) is 0 Å². The lowest BCUT2D eigenvalue weighted by molar-refractivity contribution is 0.405. The van der Waals surface area contributed by atoms with E-state index in [0.717, 1.165) is 52.6 Å². The quantitative estimate of drug-likeness (QED) is 0.384. The SMILES string of the molecule is Cc1cc(Nc2ncnc3ccc(N4C[C@@H](C)N[C@@H](C)C4)nc23)ccc1Oc1ccn2ncnc2c1. The largest absolute Gasteiger partial charge is 0.457 e. The molecule has 0 spiro atoms. The van der Waals surface area contributed by atoms with E-state index >= 15 is 0 Å². The van der Waals surface area contributed by atoms with Gasteiger partial charge in [0.1, 0.15) is 35.5 Å². The molecule has 0 amide bonds. The zero-order chi connectivity index (χ0) is 24.6. The van der Waals surface area contributed by atoms with Crippen LogP contribution in [-0.4, -0.2) is 54.7 Å². The summed E-state index contributed by atoms with van der Waals surface area (Å²) in [4.78, 5) is 20.4. The maximum absolute atomic E-state index is 6.10. The Morgan fingerprint density at radius 2 is 1.83 bits per heavy atom. The topological polar surface area (TPSA) is 105 Å². The molecule has 0 bridgehead atoms. The Balaban J connectivity index is 1.25. The van der Waals surface area contributed by atoms with Crippen molar-refractivity contribution in [3.8, 4) is 11.5 Å². The molecule has 0 saturated carbocycles. The molecule has 1 aliphatic heterocycles. The predicted molar refractivity (Wildman–Crippen MR) is 139 cm³/mol. The fourth-order valence-corrected chi connectivity index (χ4v) is 4.68. The van der Waals surface area contributed by atoms with E-state index in [1.54, 1.807) is 10.8 Å². The van der Waals surface area contributed by atoms with E-state index in [1.807, 2.05) is 55.6 Å². The fourth-order valence-electron chi connectivity index (χ4n) is 4.68. The van der Waals surface area contributed by atoms with Gasteiger partial charge in [-0.25, -0.2) is 24.5 Å². The Hall–Kier alpha value is -4.31. The van der Waals surface area contributed by atoms with Crippen LogP contribution in [0.1, 0.15) is 19.4 Å². The molecular formula is C26H27N9O. The summed E-state index contributed by atoms with van der Waals surface area (Å²) in [5.41, 5.74) is 4.15. The Morgan fingerprint density at radius 3 is 2.67 bits per heavy atom. The van der Waals surface area contributed by atoms with Crippen LogP contribution in [0, 0.1) is 6.92 Å². The normalized spacial score (nSPS) is 18.0. The van der Waals surface area contributed by atoms with Crippen molar-refractivity contribution in [2.75, 3.05) is 23.3 Å². The first-order valence-corrected chi connectivity index (χ1v) is 12.0. The second-order valence-electron chi connectivity index (χ2n) is 9.27. The highest BCUT2D eigenvalue weighted by Crippen LogP contribution is 2.30. The van der Waals surface area contributed by atoms with Gasteiger partial charge < -0.3 is 20.3 Å². The number of rotatable bonds is 5. The third-order valence-electron chi connectivity index (χ3n) is 6.27. The molecule has 10 nitrogen and oxygen atoms in total. The number of aryl methyl sites for hydroxylation is 1. The van der Waals surface area contributed by atoms with Gasteiger partial charge in [0.2, 0.25) is 0 Å². The maximum Gasteiger partial charge on any atom is 0.160 e. The number of piperazine rings is 1. The van der Waals surface area contributed by atoms with Crippen molar-refractivity contribution in [3.05, 3.63) is 66.9 Å². The third kappa shape index (κ3) is 4.38. The second-order valence-corrected chi connectivity index (χ2v) is 9.27.